The summed E-state index contributed by atoms with van der Waals surface area (Å²) in [6.07, 6.45) is 8.94. The lowest BCUT2D eigenvalue weighted by molar-refractivity contribution is 0.0924. The number of aliphatic hydroxyl groups excluding tert-OH is 1. The number of nitrogens with one attached hydrogen (secondary N) is 2. The number of amides is 2. The number of carbonyl (C=O) groups is 2. The molecule has 2 fully saturated rings. The fourth-order valence-electron chi connectivity index (χ4n) is 5.16. The number of rotatable bonds is 7. The number of aliphatic hydroxyl groups is 1. The van der Waals surface area contributed by atoms with Crippen molar-refractivity contribution in [2.24, 2.45) is 0 Å². The van der Waals surface area contributed by atoms with Crippen LogP contribution >= 0.6 is 0 Å². The van der Waals surface area contributed by atoms with Gasteiger partial charge < -0.3 is 20.6 Å². The summed E-state index contributed by atoms with van der Waals surface area (Å²) in [7, 11) is 0. The predicted octanol–water partition coefficient (Wildman–Crippen LogP) is 2.83. The summed E-state index contributed by atoms with van der Waals surface area (Å²) in [4.78, 5) is 36.2. The second-order valence-corrected chi connectivity index (χ2v) is 9.24. The second-order valence-electron chi connectivity index (χ2n) is 9.24. The minimum Gasteiger partial charge on any atom is -0.392 e. The normalized spacial score (nSPS) is 20.9. The Balaban J connectivity index is 1.18. The summed E-state index contributed by atoms with van der Waals surface area (Å²) in [5.74, 6) is 0.641. The topological polar surface area (TPSA) is 107 Å². The fourth-order valence-corrected chi connectivity index (χ4v) is 5.16. The number of hydrogen-bond donors (Lipinski definition) is 3. The molecule has 0 saturated carbocycles. The monoisotopic (exact) mass is 471 g/mol. The fraction of sp³-hybridized carbons (Fsp3) is 0.333. The summed E-state index contributed by atoms with van der Waals surface area (Å²) in [6, 6.07) is 15.3. The molecule has 8 heteroatoms. The number of anilines is 1. The maximum atomic E-state index is 12.7. The summed E-state index contributed by atoms with van der Waals surface area (Å²) < 4.78 is 0. The third kappa shape index (κ3) is 5.17. The zero-order valence-electron chi connectivity index (χ0n) is 19.4. The smallest absolute Gasteiger partial charge is 0.253 e. The highest BCUT2D eigenvalue weighted by atomic mass is 16.3. The Hall–Kier alpha value is -3.78. The van der Waals surface area contributed by atoms with Crippen LogP contribution in [0.4, 0.5) is 5.82 Å². The number of fused-ring (bicyclic) bond motifs is 2. The molecule has 2 aromatic heterocycles. The van der Waals surface area contributed by atoms with Crippen molar-refractivity contribution >= 4 is 17.6 Å². The minimum absolute atomic E-state index is 0.0329. The molecule has 1 aromatic carbocycles. The van der Waals surface area contributed by atoms with Gasteiger partial charge in [0.1, 0.15) is 5.82 Å². The van der Waals surface area contributed by atoms with Crippen molar-refractivity contribution in [1.29, 1.82) is 0 Å². The lowest BCUT2D eigenvalue weighted by Gasteiger charge is -2.40. The van der Waals surface area contributed by atoms with Gasteiger partial charge in [-0.05, 0) is 67.1 Å². The molecule has 8 nitrogen and oxygen atoms in total. The molecule has 1 unspecified atom stereocenters. The molecule has 0 aliphatic carbocycles. The molecule has 35 heavy (non-hydrogen) atoms. The van der Waals surface area contributed by atoms with Crippen LogP contribution in [0.3, 0.4) is 0 Å². The SMILES string of the molecule is O=C(NCc1cccnc1)c1ccc(N2[C@@H]3CC[C@H]2CC(NC(=O)c2ccc(CO)cc2)C3)nc1. The number of hydrogen-bond acceptors (Lipinski definition) is 6. The third-order valence-electron chi connectivity index (χ3n) is 6.92. The van der Waals surface area contributed by atoms with E-state index in [9.17, 15) is 14.7 Å². The highest BCUT2D eigenvalue weighted by Crippen LogP contribution is 2.38. The van der Waals surface area contributed by atoms with Gasteiger partial charge in [0, 0.05) is 48.8 Å². The molecule has 4 heterocycles. The molecule has 0 radical (unpaired) electrons. The number of aromatic nitrogens is 2. The largest absolute Gasteiger partial charge is 0.392 e. The van der Waals surface area contributed by atoms with Crippen LogP contribution in [0.25, 0.3) is 0 Å². The molecule has 2 saturated heterocycles. The van der Waals surface area contributed by atoms with E-state index in [-0.39, 0.29) is 24.5 Å². The van der Waals surface area contributed by atoms with Gasteiger partial charge in [0.2, 0.25) is 0 Å². The van der Waals surface area contributed by atoms with Crippen LogP contribution in [0.2, 0.25) is 0 Å². The van der Waals surface area contributed by atoms with Crippen molar-refractivity contribution in [2.45, 2.75) is 57.0 Å². The van der Waals surface area contributed by atoms with E-state index in [2.05, 4.69) is 25.5 Å². The number of carbonyl (C=O) groups excluding carboxylic acids is 2. The van der Waals surface area contributed by atoms with E-state index in [0.29, 0.717) is 29.8 Å². The van der Waals surface area contributed by atoms with Crippen LogP contribution in [-0.2, 0) is 13.2 Å². The first kappa shape index (κ1) is 23.0. The average molecular weight is 472 g/mol. The summed E-state index contributed by atoms with van der Waals surface area (Å²) in [5, 5.41) is 15.3. The standard InChI is InChI=1S/C27H29N5O3/c33-17-18-3-5-20(6-4-18)27(35)31-22-12-23-8-9-24(13-22)32(23)25-10-7-21(16-29-25)26(34)30-15-19-2-1-11-28-14-19/h1-7,10-11,14,16,22-24,33H,8-9,12-13,15,17H2,(H,30,34)(H,31,35)/t22?,23-,24+. The van der Waals surface area contributed by atoms with Gasteiger partial charge in [-0.15, -0.1) is 0 Å². The molecule has 3 atom stereocenters. The van der Waals surface area contributed by atoms with Crippen LogP contribution in [0.5, 0.6) is 0 Å². The van der Waals surface area contributed by atoms with Crippen molar-refractivity contribution < 1.29 is 14.7 Å². The van der Waals surface area contributed by atoms with E-state index in [1.165, 1.54) is 0 Å². The van der Waals surface area contributed by atoms with Gasteiger partial charge in [-0.3, -0.25) is 14.6 Å². The molecule has 3 N–H and O–H groups in total. The van der Waals surface area contributed by atoms with Gasteiger partial charge >= 0.3 is 0 Å². The van der Waals surface area contributed by atoms with Crippen molar-refractivity contribution in [1.82, 2.24) is 20.6 Å². The lowest BCUT2D eigenvalue weighted by Crippen LogP contribution is -2.50. The van der Waals surface area contributed by atoms with Gasteiger partial charge in [0.25, 0.3) is 11.8 Å². The Morgan fingerprint density at radius 2 is 1.66 bits per heavy atom. The quantitative estimate of drug-likeness (QED) is 0.489. The molecule has 2 bridgehead atoms. The number of benzene rings is 1. The Labute approximate surface area is 204 Å². The lowest BCUT2D eigenvalue weighted by atomic mass is 9.96. The van der Waals surface area contributed by atoms with Crippen LogP contribution < -0.4 is 15.5 Å². The average Bonchev–Trinajstić information content (AvgIpc) is 3.17. The van der Waals surface area contributed by atoms with Gasteiger partial charge in [0.15, 0.2) is 0 Å². The molecule has 2 aliphatic rings. The van der Waals surface area contributed by atoms with Crippen LogP contribution in [0, 0.1) is 0 Å². The summed E-state index contributed by atoms with van der Waals surface area (Å²) in [6.45, 7) is 0.387. The molecular formula is C27H29N5O3. The van der Waals surface area contributed by atoms with Gasteiger partial charge in [0.05, 0.1) is 12.2 Å². The summed E-state index contributed by atoms with van der Waals surface area (Å²) in [5.41, 5.74) is 2.87. The van der Waals surface area contributed by atoms with Crippen LogP contribution in [-0.4, -0.2) is 45.0 Å². The first-order valence-electron chi connectivity index (χ1n) is 12.0. The van der Waals surface area contributed by atoms with Crippen molar-refractivity contribution in [3.63, 3.8) is 0 Å². The Kier molecular flexibility index (Phi) is 6.72. The van der Waals surface area contributed by atoms with E-state index >= 15 is 0 Å². The van der Waals surface area contributed by atoms with E-state index in [1.807, 2.05) is 24.3 Å². The number of nitrogens with zero attached hydrogens (tertiary/aromatic N) is 3. The minimum atomic E-state index is -0.163. The maximum absolute atomic E-state index is 12.7. The van der Waals surface area contributed by atoms with Crippen LogP contribution in [0.1, 0.15) is 57.5 Å². The molecular weight excluding hydrogens is 442 g/mol. The maximum Gasteiger partial charge on any atom is 0.253 e. The van der Waals surface area contributed by atoms with E-state index in [4.69, 9.17) is 0 Å². The third-order valence-corrected chi connectivity index (χ3v) is 6.92. The molecule has 3 aromatic rings. The Morgan fingerprint density at radius 3 is 2.29 bits per heavy atom. The molecule has 180 valence electrons. The zero-order valence-corrected chi connectivity index (χ0v) is 19.4. The Bertz CT molecular complexity index is 1150. The van der Waals surface area contributed by atoms with Crippen LogP contribution in [0.15, 0.2) is 67.1 Å². The predicted molar refractivity (Wildman–Crippen MR) is 132 cm³/mol. The van der Waals surface area contributed by atoms with E-state index in [1.54, 1.807) is 42.9 Å². The van der Waals surface area contributed by atoms with Crippen molar-refractivity contribution in [2.75, 3.05) is 4.90 Å². The zero-order chi connectivity index (χ0) is 24.2. The first-order valence-corrected chi connectivity index (χ1v) is 12.0. The first-order chi connectivity index (χ1) is 17.1. The van der Waals surface area contributed by atoms with Gasteiger partial charge in [-0.2, -0.15) is 0 Å². The number of pyridine rings is 2. The summed E-state index contributed by atoms with van der Waals surface area (Å²) >= 11 is 0. The van der Waals surface area contributed by atoms with E-state index < -0.39 is 0 Å². The molecule has 2 amide bonds. The highest BCUT2D eigenvalue weighted by molar-refractivity contribution is 5.94. The molecule has 5 rings (SSSR count). The van der Waals surface area contributed by atoms with E-state index in [0.717, 1.165) is 42.6 Å². The highest BCUT2D eigenvalue weighted by Gasteiger charge is 2.41. The molecule has 0 spiro atoms. The van der Waals surface area contributed by atoms with Crippen molar-refractivity contribution in [3.8, 4) is 0 Å². The van der Waals surface area contributed by atoms with Gasteiger partial charge in [-0.1, -0.05) is 18.2 Å². The van der Waals surface area contributed by atoms with Crippen molar-refractivity contribution in [3.05, 3.63) is 89.4 Å². The van der Waals surface area contributed by atoms with Gasteiger partial charge in [-0.25, -0.2) is 4.98 Å². The number of piperidine rings is 1. The molecule has 2 aliphatic heterocycles. The Morgan fingerprint density at radius 1 is 0.914 bits per heavy atom. The second kappa shape index (κ2) is 10.2.